The van der Waals surface area contributed by atoms with Crippen LogP contribution in [0.2, 0.25) is 0 Å². The lowest BCUT2D eigenvalue weighted by Gasteiger charge is -2.26. The van der Waals surface area contributed by atoms with E-state index in [4.69, 9.17) is 4.74 Å². The molecule has 3 rings (SSSR count). The topological polar surface area (TPSA) is 104 Å². The van der Waals surface area contributed by atoms with Crippen LogP contribution in [-0.2, 0) is 16.1 Å². The van der Waals surface area contributed by atoms with Gasteiger partial charge in [-0.1, -0.05) is 30.3 Å². The van der Waals surface area contributed by atoms with Gasteiger partial charge >= 0.3 is 0 Å². The van der Waals surface area contributed by atoms with Gasteiger partial charge in [-0.05, 0) is 36.2 Å². The maximum Gasteiger partial charge on any atom is 0.242 e. The zero-order valence-electron chi connectivity index (χ0n) is 18.3. The molecule has 9 heteroatoms. The Morgan fingerprint density at radius 1 is 1.12 bits per heavy atom. The first-order valence-electron chi connectivity index (χ1n) is 10.4. The zero-order valence-corrected chi connectivity index (χ0v) is 20.6. The predicted octanol–water partition coefficient (Wildman–Crippen LogP) is 2.61. The van der Waals surface area contributed by atoms with Gasteiger partial charge in [0, 0.05) is 37.7 Å². The highest BCUT2D eigenvalue weighted by molar-refractivity contribution is 14.0. The Morgan fingerprint density at radius 2 is 1.88 bits per heavy atom. The molecule has 2 aromatic rings. The summed E-state index contributed by atoms with van der Waals surface area (Å²) in [6, 6.07) is 15.3. The predicted molar refractivity (Wildman–Crippen MR) is 137 cm³/mol. The van der Waals surface area contributed by atoms with Crippen molar-refractivity contribution in [1.29, 1.82) is 0 Å². The van der Waals surface area contributed by atoms with E-state index < -0.39 is 0 Å². The van der Waals surface area contributed by atoms with Crippen LogP contribution < -0.4 is 26.0 Å². The molecule has 1 aliphatic heterocycles. The van der Waals surface area contributed by atoms with Crippen LogP contribution in [0.4, 0.5) is 5.69 Å². The summed E-state index contributed by atoms with van der Waals surface area (Å²) < 4.78 is 5.13. The molecule has 0 spiro atoms. The van der Waals surface area contributed by atoms with Crippen molar-refractivity contribution in [2.45, 2.75) is 25.8 Å². The average Bonchev–Trinajstić information content (AvgIpc) is 2.79. The molecular weight excluding hydrogens is 521 g/mol. The summed E-state index contributed by atoms with van der Waals surface area (Å²) in [6.07, 6.45) is 0.408. The second-order valence-corrected chi connectivity index (χ2v) is 7.24. The summed E-state index contributed by atoms with van der Waals surface area (Å²) >= 11 is 0. The van der Waals surface area contributed by atoms with Crippen molar-refractivity contribution < 1.29 is 14.3 Å². The minimum absolute atomic E-state index is 0. The number of methoxy groups -OCH3 is 1. The molecule has 172 valence electrons. The number of fused-ring (bicyclic) bond motifs is 1. The molecule has 2 aromatic carbocycles. The van der Waals surface area contributed by atoms with Crippen LogP contribution in [0.15, 0.2) is 53.5 Å². The first kappa shape index (κ1) is 25.4. The number of halogens is 1. The lowest BCUT2D eigenvalue weighted by molar-refractivity contribution is -0.120. The quantitative estimate of drug-likeness (QED) is 0.230. The summed E-state index contributed by atoms with van der Waals surface area (Å²) in [7, 11) is 1.62. The Balaban J connectivity index is 0.00000363. The van der Waals surface area contributed by atoms with Crippen molar-refractivity contribution in [1.82, 2.24) is 16.0 Å². The smallest absolute Gasteiger partial charge is 0.242 e. The van der Waals surface area contributed by atoms with Crippen molar-refractivity contribution in [3.63, 3.8) is 0 Å². The van der Waals surface area contributed by atoms with E-state index in [0.29, 0.717) is 32.0 Å². The number of guanidine groups is 1. The number of amides is 2. The fraction of sp³-hybridized carbons (Fsp3) is 0.348. The van der Waals surface area contributed by atoms with E-state index in [9.17, 15) is 9.59 Å². The lowest BCUT2D eigenvalue weighted by atomic mass is 9.90. The Kier molecular flexibility index (Phi) is 10.3. The molecular formula is C23H30IN5O3. The van der Waals surface area contributed by atoms with Gasteiger partial charge in [0.25, 0.3) is 0 Å². The monoisotopic (exact) mass is 551 g/mol. The number of hydrogen-bond donors (Lipinski definition) is 4. The number of ether oxygens (including phenoxy) is 1. The van der Waals surface area contributed by atoms with Crippen molar-refractivity contribution >= 4 is 47.4 Å². The van der Waals surface area contributed by atoms with Crippen LogP contribution in [0.1, 0.15) is 30.4 Å². The molecule has 0 fully saturated rings. The zero-order chi connectivity index (χ0) is 22.1. The van der Waals surface area contributed by atoms with Crippen LogP contribution in [-0.4, -0.2) is 44.5 Å². The van der Waals surface area contributed by atoms with Gasteiger partial charge in [0.05, 0.1) is 7.11 Å². The molecule has 4 N–H and O–H groups in total. The third-order valence-corrected chi connectivity index (χ3v) is 5.00. The Morgan fingerprint density at radius 3 is 2.59 bits per heavy atom. The fourth-order valence-electron chi connectivity index (χ4n) is 3.40. The molecule has 32 heavy (non-hydrogen) atoms. The van der Waals surface area contributed by atoms with Crippen molar-refractivity contribution in [2.24, 2.45) is 4.99 Å². The Labute approximate surface area is 205 Å². The van der Waals surface area contributed by atoms with E-state index in [-0.39, 0.29) is 48.3 Å². The number of para-hydroxylation sites is 1. The van der Waals surface area contributed by atoms with Crippen molar-refractivity contribution in [3.05, 3.63) is 59.7 Å². The number of anilines is 1. The van der Waals surface area contributed by atoms with Crippen molar-refractivity contribution in [3.8, 4) is 5.75 Å². The van der Waals surface area contributed by atoms with E-state index in [1.807, 2.05) is 55.5 Å². The van der Waals surface area contributed by atoms with Gasteiger partial charge in [0.2, 0.25) is 11.8 Å². The number of nitrogens with one attached hydrogen (secondary N) is 4. The maximum absolute atomic E-state index is 12.2. The van der Waals surface area contributed by atoms with Gasteiger partial charge in [-0.2, -0.15) is 0 Å². The lowest BCUT2D eigenvalue weighted by Crippen LogP contribution is -2.41. The first-order chi connectivity index (χ1) is 15.1. The molecule has 0 radical (unpaired) electrons. The summed E-state index contributed by atoms with van der Waals surface area (Å²) in [5, 5.41) is 12.2. The standard InChI is InChI=1S/C23H29N5O3.HI/c1-3-24-23(26-14-17-12-21(29)28-20-7-5-4-6-19(17)20)27-15-22(30)25-13-16-8-10-18(31-2)11-9-16;/h4-11,17H,3,12-15H2,1-2H3,(H,25,30)(H,28,29)(H2,24,26,27);1H. The van der Waals surface area contributed by atoms with E-state index in [0.717, 1.165) is 22.6 Å². The van der Waals surface area contributed by atoms with Gasteiger partial charge in [0.1, 0.15) is 12.3 Å². The summed E-state index contributed by atoms with van der Waals surface area (Å²) in [6.45, 7) is 3.61. The number of aliphatic imine (C=N–C) groups is 1. The molecule has 0 aliphatic carbocycles. The molecule has 0 aromatic heterocycles. The third-order valence-electron chi connectivity index (χ3n) is 5.00. The van der Waals surface area contributed by atoms with Gasteiger partial charge in [0.15, 0.2) is 5.96 Å². The molecule has 0 bridgehead atoms. The van der Waals surface area contributed by atoms with E-state index in [2.05, 4.69) is 26.3 Å². The number of carbonyl (C=O) groups excluding carboxylic acids is 2. The molecule has 2 amide bonds. The van der Waals surface area contributed by atoms with Crippen LogP contribution in [0, 0.1) is 0 Å². The SMILES string of the molecule is CCNC(=NCC(=O)NCc1ccc(OC)cc1)NCC1CC(=O)Nc2ccccc21.I. The first-order valence-corrected chi connectivity index (χ1v) is 10.4. The van der Waals surface area contributed by atoms with Gasteiger partial charge in [-0.3, -0.25) is 9.59 Å². The maximum atomic E-state index is 12.2. The van der Waals surface area contributed by atoms with Gasteiger partial charge in [-0.15, -0.1) is 24.0 Å². The van der Waals surface area contributed by atoms with Crippen LogP contribution in [0.5, 0.6) is 5.75 Å². The number of benzene rings is 2. The van der Waals surface area contributed by atoms with Crippen molar-refractivity contribution in [2.75, 3.05) is 32.1 Å². The Hall–Kier alpha value is -2.82. The summed E-state index contributed by atoms with van der Waals surface area (Å²) in [4.78, 5) is 28.6. The number of rotatable bonds is 8. The fourth-order valence-corrected chi connectivity index (χ4v) is 3.40. The molecule has 8 nitrogen and oxygen atoms in total. The molecule has 1 aliphatic rings. The second kappa shape index (κ2) is 12.9. The minimum Gasteiger partial charge on any atom is -0.497 e. The summed E-state index contributed by atoms with van der Waals surface area (Å²) in [5.74, 6) is 1.20. The van der Waals surface area contributed by atoms with Gasteiger partial charge in [-0.25, -0.2) is 4.99 Å². The number of carbonyl (C=O) groups is 2. The third kappa shape index (κ3) is 7.40. The Bertz CT molecular complexity index is 933. The van der Waals surface area contributed by atoms with E-state index in [1.54, 1.807) is 7.11 Å². The molecule has 0 saturated heterocycles. The number of hydrogen-bond acceptors (Lipinski definition) is 4. The molecule has 0 saturated carbocycles. The van der Waals surface area contributed by atoms with E-state index >= 15 is 0 Å². The summed E-state index contributed by atoms with van der Waals surface area (Å²) in [5.41, 5.74) is 2.94. The normalized spacial score (nSPS) is 15.0. The molecule has 1 atom stereocenters. The number of nitrogens with zero attached hydrogens (tertiary/aromatic N) is 1. The van der Waals surface area contributed by atoms with Gasteiger partial charge < -0.3 is 26.0 Å². The van der Waals surface area contributed by atoms with Crippen LogP contribution in [0.25, 0.3) is 0 Å². The largest absolute Gasteiger partial charge is 0.497 e. The average molecular weight is 551 g/mol. The molecule has 1 unspecified atom stereocenters. The second-order valence-electron chi connectivity index (χ2n) is 7.24. The van der Waals surface area contributed by atoms with Crippen LogP contribution in [0.3, 0.4) is 0 Å². The highest BCUT2D eigenvalue weighted by Crippen LogP contribution is 2.31. The highest BCUT2D eigenvalue weighted by atomic mass is 127. The highest BCUT2D eigenvalue weighted by Gasteiger charge is 2.24. The van der Waals surface area contributed by atoms with E-state index in [1.165, 1.54) is 0 Å². The molecule has 1 heterocycles. The minimum atomic E-state index is -0.171. The van der Waals surface area contributed by atoms with Crippen LogP contribution >= 0.6 is 24.0 Å².